The number of rotatable bonds is 1. The van der Waals surface area contributed by atoms with Gasteiger partial charge in [0.2, 0.25) is 0 Å². The summed E-state index contributed by atoms with van der Waals surface area (Å²) < 4.78 is 0. The number of aryl methyl sites for hydroxylation is 1. The molecule has 0 saturated heterocycles. The van der Waals surface area contributed by atoms with Crippen molar-refractivity contribution >= 4 is 28.7 Å². The predicted molar refractivity (Wildman–Crippen MR) is 51.7 cm³/mol. The first kappa shape index (κ1) is 9.60. The zero-order valence-corrected chi connectivity index (χ0v) is 7.63. The minimum Gasteiger partial charge on any atom is -0.397 e. The lowest BCUT2D eigenvalue weighted by molar-refractivity contribution is -0.383. The fourth-order valence-electron chi connectivity index (χ4n) is 0.990. The van der Waals surface area contributed by atoms with Crippen LogP contribution in [0, 0.1) is 17.0 Å². The number of nitrogens with zero attached hydrogens (tertiary/aromatic N) is 1. The van der Waals surface area contributed by atoms with Gasteiger partial charge in [0.1, 0.15) is 10.7 Å². The molecular formula is C7H8ClN3O2. The lowest BCUT2D eigenvalue weighted by Gasteiger charge is -2.05. The largest absolute Gasteiger partial charge is 0.397 e. The first-order chi connectivity index (χ1) is 5.95. The van der Waals surface area contributed by atoms with Gasteiger partial charge in [-0.05, 0) is 18.6 Å². The Kier molecular flexibility index (Phi) is 2.29. The van der Waals surface area contributed by atoms with Gasteiger partial charge in [0.05, 0.1) is 10.6 Å². The van der Waals surface area contributed by atoms with Crippen molar-refractivity contribution in [2.75, 3.05) is 11.5 Å². The third-order valence-corrected chi connectivity index (χ3v) is 2.01. The maximum atomic E-state index is 10.5. The lowest BCUT2D eigenvalue weighted by Crippen LogP contribution is -2.02. The topological polar surface area (TPSA) is 95.2 Å². The maximum Gasteiger partial charge on any atom is 0.312 e. The highest BCUT2D eigenvalue weighted by Gasteiger charge is 2.20. The Morgan fingerprint density at radius 2 is 2.00 bits per heavy atom. The minimum atomic E-state index is -0.645. The van der Waals surface area contributed by atoms with Crippen LogP contribution in [0.3, 0.4) is 0 Å². The van der Waals surface area contributed by atoms with Gasteiger partial charge in [0.25, 0.3) is 0 Å². The van der Waals surface area contributed by atoms with Gasteiger partial charge >= 0.3 is 5.69 Å². The number of nitrogen functional groups attached to an aromatic ring is 2. The van der Waals surface area contributed by atoms with Gasteiger partial charge in [0.15, 0.2) is 0 Å². The second kappa shape index (κ2) is 3.10. The van der Waals surface area contributed by atoms with Crippen molar-refractivity contribution in [1.82, 2.24) is 0 Å². The molecule has 0 heterocycles. The molecule has 0 aromatic heterocycles. The van der Waals surface area contributed by atoms with Gasteiger partial charge in [-0.1, -0.05) is 11.6 Å². The molecule has 1 aromatic rings. The van der Waals surface area contributed by atoms with Crippen molar-refractivity contribution < 1.29 is 4.92 Å². The molecule has 13 heavy (non-hydrogen) atoms. The zero-order valence-electron chi connectivity index (χ0n) is 6.87. The van der Waals surface area contributed by atoms with Crippen molar-refractivity contribution in [3.8, 4) is 0 Å². The van der Waals surface area contributed by atoms with Gasteiger partial charge < -0.3 is 11.5 Å². The van der Waals surface area contributed by atoms with E-state index in [4.69, 9.17) is 23.1 Å². The first-order valence-electron chi connectivity index (χ1n) is 3.43. The maximum absolute atomic E-state index is 10.5. The Balaban J connectivity index is 3.53. The van der Waals surface area contributed by atoms with Crippen LogP contribution in [-0.2, 0) is 0 Å². The van der Waals surface area contributed by atoms with Crippen LogP contribution in [0.5, 0.6) is 0 Å². The number of nitro benzene ring substituents is 1. The summed E-state index contributed by atoms with van der Waals surface area (Å²) in [6, 6.07) is 1.42. The van der Waals surface area contributed by atoms with Crippen molar-refractivity contribution in [2.24, 2.45) is 0 Å². The molecule has 0 atom stereocenters. The minimum absolute atomic E-state index is 0.00852. The molecule has 0 unspecified atom stereocenters. The van der Waals surface area contributed by atoms with Gasteiger partial charge in [-0.3, -0.25) is 10.1 Å². The summed E-state index contributed by atoms with van der Waals surface area (Å²) in [5, 5.41) is 10.5. The van der Waals surface area contributed by atoms with Gasteiger partial charge in [0, 0.05) is 0 Å². The molecule has 0 spiro atoms. The highest BCUT2D eigenvalue weighted by Crippen LogP contribution is 2.36. The van der Waals surface area contributed by atoms with Crippen LogP contribution in [0.2, 0.25) is 5.02 Å². The van der Waals surface area contributed by atoms with Crippen molar-refractivity contribution in [1.29, 1.82) is 0 Å². The van der Waals surface area contributed by atoms with Gasteiger partial charge in [-0.15, -0.1) is 0 Å². The Morgan fingerprint density at radius 3 is 2.46 bits per heavy atom. The van der Waals surface area contributed by atoms with Crippen LogP contribution in [0.15, 0.2) is 6.07 Å². The molecule has 5 nitrogen and oxygen atoms in total. The number of hydrogen-bond acceptors (Lipinski definition) is 4. The van der Waals surface area contributed by atoms with E-state index in [1.165, 1.54) is 6.07 Å². The Hall–Kier alpha value is -1.49. The predicted octanol–water partition coefficient (Wildman–Crippen LogP) is 1.72. The molecule has 0 fully saturated rings. The van der Waals surface area contributed by atoms with Crippen LogP contribution >= 0.6 is 11.6 Å². The first-order valence-corrected chi connectivity index (χ1v) is 3.81. The molecule has 1 aromatic carbocycles. The molecule has 4 N–H and O–H groups in total. The average Bonchev–Trinajstić information content (AvgIpc) is 1.99. The van der Waals surface area contributed by atoms with Crippen molar-refractivity contribution in [3.05, 3.63) is 26.8 Å². The van der Waals surface area contributed by atoms with E-state index in [2.05, 4.69) is 0 Å². The number of nitro groups is 1. The molecule has 0 aliphatic carbocycles. The fourth-order valence-corrected chi connectivity index (χ4v) is 1.32. The second-order valence-corrected chi connectivity index (χ2v) is 3.02. The van der Waals surface area contributed by atoms with E-state index >= 15 is 0 Å². The lowest BCUT2D eigenvalue weighted by atomic mass is 10.1. The van der Waals surface area contributed by atoms with Gasteiger partial charge in [-0.2, -0.15) is 0 Å². The van der Waals surface area contributed by atoms with Gasteiger partial charge in [-0.25, -0.2) is 0 Å². The van der Waals surface area contributed by atoms with E-state index in [9.17, 15) is 10.1 Å². The molecule has 0 aliphatic rings. The SMILES string of the molecule is Cc1cc(Cl)c([N+](=O)[O-])c(N)c1N. The number of benzene rings is 1. The van der Waals surface area contributed by atoms with Crippen LogP contribution in [0.1, 0.15) is 5.56 Å². The van der Waals surface area contributed by atoms with E-state index < -0.39 is 4.92 Å². The molecule has 6 heteroatoms. The Labute approximate surface area is 79.4 Å². The fraction of sp³-hybridized carbons (Fsp3) is 0.143. The van der Waals surface area contributed by atoms with E-state index in [1.807, 2.05) is 0 Å². The van der Waals surface area contributed by atoms with E-state index in [0.717, 1.165) is 0 Å². The molecule has 0 radical (unpaired) electrons. The smallest absolute Gasteiger partial charge is 0.312 e. The molecule has 1 rings (SSSR count). The third kappa shape index (κ3) is 1.50. The summed E-state index contributed by atoms with van der Waals surface area (Å²) in [4.78, 5) is 9.85. The number of anilines is 2. The molecule has 0 amide bonds. The standard InChI is InChI=1S/C7H8ClN3O2/c1-3-2-4(8)7(11(12)13)6(10)5(3)9/h2H,9-10H2,1H3. The molecule has 0 aliphatic heterocycles. The second-order valence-electron chi connectivity index (χ2n) is 2.61. The van der Waals surface area contributed by atoms with Crippen LogP contribution in [0.25, 0.3) is 0 Å². The quantitative estimate of drug-likeness (QED) is 0.411. The van der Waals surface area contributed by atoms with E-state index in [0.29, 0.717) is 5.56 Å². The van der Waals surface area contributed by atoms with E-state index in [-0.39, 0.29) is 22.1 Å². The Morgan fingerprint density at radius 1 is 1.46 bits per heavy atom. The monoisotopic (exact) mass is 201 g/mol. The third-order valence-electron chi connectivity index (χ3n) is 1.72. The van der Waals surface area contributed by atoms with Crippen molar-refractivity contribution in [3.63, 3.8) is 0 Å². The van der Waals surface area contributed by atoms with Crippen LogP contribution < -0.4 is 11.5 Å². The zero-order chi connectivity index (χ0) is 10.2. The molecule has 0 bridgehead atoms. The van der Waals surface area contributed by atoms with Crippen LogP contribution in [0.4, 0.5) is 17.1 Å². The summed E-state index contributed by atoms with van der Waals surface area (Å²) in [6.45, 7) is 1.68. The number of hydrogen-bond donors (Lipinski definition) is 2. The Bertz CT molecular complexity index is 378. The highest BCUT2D eigenvalue weighted by atomic mass is 35.5. The summed E-state index contributed by atoms with van der Waals surface area (Å²) in [5.74, 6) is 0. The molecule has 0 saturated carbocycles. The highest BCUT2D eigenvalue weighted by molar-refractivity contribution is 6.33. The summed E-state index contributed by atoms with van der Waals surface area (Å²) >= 11 is 5.62. The normalized spacial score (nSPS) is 10.0. The average molecular weight is 202 g/mol. The summed E-state index contributed by atoms with van der Waals surface area (Å²) in [6.07, 6.45) is 0. The molecular weight excluding hydrogens is 194 g/mol. The van der Waals surface area contributed by atoms with E-state index in [1.54, 1.807) is 6.92 Å². The number of halogens is 1. The van der Waals surface area contributed by atoms with Crippen molar-refractivity contribution in [2.45, 2.75) is 6.92 Å². The summed E-state index contributed by atoms with van der Waals surface area (Å²) in [7, 11) is 0. The number of nitrogens with two attached hydrogens (primary N) is 2. The van der Waals surface area contributed by atoms with Crippen LogP contribution in [-0.4, -0.2) is 4.92 Å². The summed E-state index contributed by atoms with van der Waals surface area (Å²) in [5.41, 5.74) is 11.4. The molecule has 70 valence electrons.